The minimum atomic E-state index is 0.333. The SMILES string of the molecule is Cc1cc(=N)n(C(=Nc2ccc(Cl)cc2)Nc2cccc(C#N)c2)s1. The number of aliphatic imine (C=N–C) groups is 1. The van der Waals surface area contributed by atoms with Crippen LogP contribution in [0.2, 0.25) is 5.02 Å². The molecule has 3 aromatic rings. The Morgan fingerprint density at radius 3 is 2.64 bits per heavy atom. The van der Waals surface area contributed by atoms with Crippen LogP contribution >= 0.6 is 23.1 Å². The molecule has 0 aliphatic heterocycles. The van der Waals surface area contributed by atoms with Gasteiger partial charge in [0.1, 0.15) is 5.49 Å². The first-order valence-electron chi connectivity index (χ1n) is 7.41. The molecule has 0 bridgehead atoms. The van der Waals surface area contributed by atoms with E-state index in [-0.39, 0.29) is 0 Å². The summed E-state index contributed by atoms with van der Waals surface area (Å²) in [5.74, 6) is 0.487. The van der Waals surface area contributed by atoms with Gasteiger partial charge in [-0.25, -0.2) is 8.95 Å². The second-order valence-corrected chi connectivity index (χ2v) is 6.88. The molecule has 7 heteroatoms. The summed E-state index contributed by atoms with van der Waals surface area (Å²) in [6.07, 6.45) is 0. The highest BCUT2D eigenvalue weighted by Gasteiger charge is 2.08. The minimum Gasteiger partial charge on any atom is -0.325 e. The van der Waals surface area contributed by atoms with Crippen molar-refractivity contribution in [3.63, 3.8) is 0 Å². The van der Waals surface area contributed by atoms with E-state index in [2.05, 4.69) is 16.4 Å². The maximum atomic E-state index is 9.07. The zero-order chi connectivity index (χ0) is 17.8. The number of nitriles is 1. The summed E-state index contributed by atoms with van der Waals surface area (Å²) in [7, 11) is 0. The minimum absolute atomic E-state index is 0.333. The van der Waals surface area contributed by atoms with Crippen molar-refractivity contribution in [3.8, 4) is 6.07 Å². The lowest BCUT2D eigenvalue weighted by atomic mass is 10.2. The number of benzene rings is 2. The number of aryl methyl sites for hydroxylation is 1. The molecule has 3 rings (SSSR count). The molecular weight excluding hydrogens is 354 g/mol. The second-order valence-electron chi connectivity index (χ2n) is 5.26. The summed E-state index contributed by atoms with van der Waals surface area (Å²) < 4.78 is 1.70. The number of nitrogens with one attached hydrogen (secondary N) is 2. The van der Waals surface area contributed by atoms with E-state index in [0.717, 1.165) is 10.6 Å². The van der Waals surface area contributed by atoms with Gasteiger partial charge in [0.2, 0.25) is 5.96 Å². The highest BCUT2D eigenvalue weighted by atomic mass is 35.5. The zero-order valence-electron chi connectivity index (χ0n) is 13.3. The molecule has 0 amide bonds. The third kappa shape index (κ3) is 4.15. The van der Waals surface area contributed by atoms with Crippen LogP contribution < -0.4 is 10.8 Å². The number of hydrogen-bond donors (Lipinski definition) is 2. The summed E-state index contributed by atoms with van der Waals surface area (Å²) in [5.41, 5.74) is 2.32. The molecule has 25 heavy (non-hydrogen) atoms. The van der Waals surface area contributed by atoms with E-state index in [9.17, 15) is 0 Å². The highest BCUT2D eigenvalue weighted by Crippen LogP contribution is 2.18. The molecule has 0 saturated carbocycles. The van der Waals surface area contributed by atoms with Crippen LogP contribution in [0.3, 0.4) is 0 Å². The van der Waals surface area contributed by atoms with Gasteiger partial charge in [-0.05, 0) is 55.5 Å². The average Bonchev–Trinajstić information content (AvgIpc) is 2.95. The Morgan fingerprint density at radius 1 is 1.24 bits per heavy atom. The maximum absolute atomic E-state index is 9.07. The van der Waals surface area contributed by atoms with Crippen LogP contribution in [0, 0.1) is 23.7 Å². The van der Waals surface area contributed by atoms with Crippen LogP contribution in [0.1, 0.15) is 10.4 Å². The molecule has 0 fully saturated rings. The van der Waals surface area contributed by atoms with Gasteiger partial charge in [-0.1, -0.05) is 29.2 Å². The summed E-state index contributed by atoms with van der Waals surface area (Å²) in [4.78, 5) is 5.61. The van der Waals surface area contributed by atoms with E-state index < -0.39 is 0 Å². The Kier molecular flexibility index (Phi) is 4.98. The van der Waals surface area contributed by atoms with E-state index in [1.807, 2.05) is 13.0 Å². The van der Waals surface area contributed by atoms with Crippen LogP contribution in [0.15, 0.2) is 59.6 Å². The van der Waals surface area contributed by atoms with Gasteiger partial charge in [0, 0.05) is 15.6 Å². The maximum Gasteiger partial charge on any atom is 0.223 e. The monoisotopic (exact) mass is 367 g/mol. The van der Waals surface area contributed by atoms with Gasteiger partial charge in [0.25, 0.3) is 0 Å². The summed E-state index contributed by atoms with van der Waals surface area (Å²) in [6, 6.07) is 18.2. The first kappa shape index (κ1) is 17.0. The van der Waals surface area contributed by atoms with Gasteiger partial charge < -0.3 is 5.32 Å². The largest absolute Gasteiger partial charge is 0.325 e. The molecule has 5 nitrogen and oxygen atoms in total. The first-order chi connectivity index (χ1) is 12.0. The lowest BCUT2D eigenvalue weighted by Crippen LogP contribution is -2.28. The van der Waals surface area contributed by atoms with E-state index in [0.29, 0.717) is 27.7 Å². The molecule has 124 valence electrons. The molecule has 0 aliphatic rings. The Morgan fingerprint density at radius 2 is 2.00 bits per heavy atom. The van der Waals surface area contributed by atoms with Gasteiger partial charge in [-0.15, -0.1) is 0 Å². The molecule has 1 heterocycles. The average molecular weight is 368 g/mol. The summed E-state index contributed by atoms with van der Waals surface area (Å²) in [5, 5.41) is 21.1. The molecule has 0 aliphatic carbocycles. The van der Waals surface area contributed by atoms with Crippen LogP contribution in [0.25, 0.3) is 0 Å². The molecule has 0 radical (unpaired) electrons. The quantitative estimate of drug-likeness (QED) is 0.516. The van der Waals surface area contributed by atoms with Crippen molar-refractivity contribution < 1.29 is 0 Å². The van der Waals surface area contributed by atoms with Crippen molar-refractivity contribution in [1.29, 1.82) is 10.7 Å². The van der Waals surface area contributed by atoms with Gasteiger partial charge >= 0.3 is 0 Å². The fraction of sp³-hybridized carbons (Fsp3) is 0.0556. The van der Waals surface area contributed by atoms with Crippen molar-refractivity contribution in [1.82, 2.24) is 3.96 Å². The molecule has 0 spiro atoms. The smallest absolute Gasteiger partial charge is 0.223 e. The normalized spacial score (nSPS) is 11.2. The topological polar surface area (TPSA) is 77.0 Å². The predicted octanol–water partition coefficient (Wildman–Crippen LogP) is 4.51. The van der Waals surface area contributed by atoms with E-state index in [1.165, 1.54) is 11.5 Å². The molecule has 1 aromatic heterocycles. The Balaban J connectivity index is 2.05. The number of aromatic nitrogens is 1. The first-order valence-corrected chi connectivity index (χ1v) is 8.57. The number of nitrogens with zero attached hydrogens (tertiary/aromatic N) is 3. The van der Waals surface area contributed by atoms with Gasteiger partial charge in [0.15, 0.2) is 0 Å². The molecular formula is C18H14ClN5S. The van der Waals surface area contributed by atoms with E-state index in [4.69, 9.17) is 22.3 Å². The summed E-state index contributed by atoms with van der Waals surface area (Å²) >= 11 is 7.35. The Labute approximate surface area is 154 Å². The zero-order valence-corrected chi connectivity index (χ0v) is 14.9. The number of anilines is 1. The van der Waals surface area contributed by atoms with Crippen LogP contribution in [0.4, 0.5) is 11.4 Å². The predicted molar refractivity (Wildman–Crippen MR) is 102 cm³/mol. The summed E-state index contributed by atoms with van der Waals surface area (Å²) in [6.45, 7) is 1.94. The van der Waals surface area contributed by atoms with Crippen LogP contribution in [-0.2, 0) is 0 Å². The Bertz CT molecular complexity index is 1020. The number of hydrogen-bond acceptors (Lipinski definition) is 4. The second kappa shape index (κ2) is 7.34. The highest BCUT2D eigenvalue weighted by molar-refractivity contribution is 7.07. The van der Waals surface area contributed by atoms with Gasteiger partial charge in [-0.3, -0.25) is 5.41 Å². The van der Waals surface area contributed by atoms with Crippen molar-refractivity contribution in [2.24, 2.45) is 4.99 Å². The lowest BCUT2D eigenvalue weighted by molar-refractivity contribution is 1.07. The van der Waals surface area contributed by atoms with Crippen molar-refractivity contribution in [3.05, 3.63) is 75.5 Å². The van der Waals surface area contributed by atoms with Gasteiger partial charge in [-0.2, -0.15) is 5.26 Å². The number of rotatable bonds is 2. The van der Waals surface area contributed by atoms with E-state index >= 15 is 0 Å². The van der Waals surface area contributed by atoms with Crippen molar-refractivity contribution in [2.75, 3.05) is 5.32 Å². The third-order valence-corrected chi connectivity index (χ3v) is 4.51. The lowest BCUT2D eigenvalue weighted by Gasteiger charge is -2.11. The fourth-order valence-electron chi connectivity index (χ4n) is 2.19. The molecule has 2 N–H and O–H groups in total. The van der Waals surface area contributed by atoms with Crippen LogP contribution in [-0.4, -0.2) is 9.92 Å². The molecule has 0 atom stereocenters. The molecule has 0 saturated heterocycles. The fourth-order valence-corrected chi connectivity index (χ4v) is 3.09. The molecule has 2 aromatic carbocycles. The Hall–Kier alpha value is -2.88. The standard InChI is InChI=1S/C18H14ClN5S/c1-12-9-17(21)24(25-12)18(22-15-7-5-14(19)6-8-15)23-16-4-2-3-13(10-16)11-20/h2-10,21H,1H3,(H,22,23). The van der Waals surface area contributed by atoms with Crippen molar-refractivity contribution >= 4 is 40.5 Å². The third-order valence-electron chi connectivity index (χ3n) is 3.30. The van der Waals surface area contributed by atoms with E-state index in [1.54, 1.807) is 52.5 Å². The van der Waals surface area contributed by atoms with Crippen LogP contribution in [0.5, 0.6) is 0 Å². The van der Waals surface area contributed by atoms with Gasteiger partial charge in [0.05, 0.1) is 17.3 Å². The number of halogens is 1. The van der Waals surface area contributed by atoms with Crippen molar-refractivity contribution in [2.45, 2.75) is 6.92 Å². The molecule has 0 unspecified atom stereocenters.